The lowest BCUT2D eigenvalue weighted by molar-refractivity contribution is 0.244. The molecule has 1 aliphatic rings. The van der Waals surface area contributed by atoms with E-state index in [-0.39, 0.29) is 6.03 Å². The van der Waals surface area contributed by atoms with Gasteiger partial charge in [-0.2, -0.15) is 0 Å². The van der Waals surface area contributed by atoms with E-state index in [1.165, 1.54) is 25.7 Å². The van der Waals surface area contributed by atoms with E-state index in [4.69, 9.17) is 0 Å². The monoisotopic (exact) mass is 246 g/mol. The van der Waals surface area contributed by atoms with Crippen molar-refractivity contribution < 1.29 is 4.79 Å². The van der Waals surface area contributed by atoms with E-state index in [2.05, 4.69) is 5.32 Å². The molecule has 2 amide bonds. The summed E-state index contributed by atoms with van der Waals surface area (Å²) >= 11 is 0. The van der Waals surface area contributed by atoms with Gasteiger partial charge in [-0.1, -0.05) is 31.0 Å². The highest BCUT2D eigenvalue weighted by Gasteiger charge is 2.18. The van der Waals surface area contributed by atoms with Gasteiger partial charge in [-0.25, -0.2) is 4.79 Å². The molecule has 1 aromatic rings. The summed E-state index contributed by atoms with van der Waals surface area (Å²) in [5, 5.41) is 3.06. The molecule has 0 unspecified atom stereocenters. The summed E-state index contributed by atoms with van der Waals surface area (Å²) < 4.78 is 0. The Kier molecular flexibility index (Phi) is 4.62. The van der Waals surface area contributed by atoms with Gasteiger partial charge in [-0.15, -0.1) is 0 Å². The molecule has 0 aromatic heterocycles. The molecule has 0 bridgehead atoms. The summed E-state index contributed by atoms with van der Waals surface area (Å²) in [4.78, 5) is 13.9. The lowest BCUT2D eigenvalue weighted by Gasteiger charge is -2.22. The number of para-hydroxylation sites is 1. The van der Waals surface area contributed by atoms with Gasteiger partial charge in [0.15, 0.2) is 0 Å². The van der Waals surface area contributed by atoms with Crippen LogP contribution >= 0.6 is 0 Å². The van der Waals surface area contributed by atoms with Gasteiger partial charge in [-0.3, -0.25) is 4.90 Å². The zero-order chi connectivity index (χ0) is 12.8. The minimum Gasteiger partial charge on any atom is -0.337 e. The molecule has 1 aliphatic carbocycles. The number of benzene rings is 1. The number of carbonyl (C=O) groups is 1. The molecule has 0 aliphatic heterocycles. The third kappa shape index (κ3) is 3.25. The van der Waals surface area contributed by atoms with Gasteiger partial charge >= 0.3 is 6.03 Å². The molecule has 98 valence electrons. The predicted molar refractivity (Wildman–Crippen MR) is 74.8 cm³/mol. The number of carbonyl (C=O) groups excluding carboxylic acids is 1. The average molecular weight is 246 g/mol. The fourth-order valence-electron chi connectivity index (χ4n) is 2.59. The summed E-state index contributed by atoms with van der Waals surface area (Å²) in [7, 11) is 0. The number of rotatable bonds is 4. The zero-order valence-electron chi connectivity index (χ0n) is 11.1. The highest BCUT2D eigenvalue weighted by Crippen LogP contribution is 2.23. The molecule has 18 heavy (non-hydrogen) atoms. The number of anilines is 1. The van der Waals surface area contributed by atoms with Crippen molar-refractivity contribution in [1.82, 2.24) is 5.32 Å². The highest BCUT2D eigenvalue weighted by atomic mass is 16.2. The van der Waals surface area contributed by atoms with Crippen molar-refractivity contribution in [3.05, 3.63) is 30.3 Å². The van der Waals surface area contributed by atoms with Crippen molar-refractivity contribution in [2.24, 2.45) is 5.92 Å². The van der Waals surface area contributed by atoms with Crippen LogP contribution in [0, 0.1) is 5.92 Å². The van der Waals surface area contributed by atoms with Crippen molar-refractivity contribution in [3.8, 4) is 0 Å². The predicted octanol–water partition coefficient (Wildman–Crippen LogP) is 3.41. The molecular weight excluding hydrogens is 224 g/mol. The van der Waals surface area contributed by atoms with E-state index in [1.807, 2.05) is 37.3 Å². The molecule has 1 saturated carbocycles. The molecule has 1 N–H and O–H groups in total. The molecule has 1 aromatic carbocycles. The SMILES string of the molecule is CCN(C(=O)NCC1CCCC1)c1ccccc1. The molecule has 0 atom stereocenters. The fourth-order valence-corrected chi connectivity index (χ4v) is 2.59. The first-order valence-electron chi connectivity index (χ1n) is 6.91. The zero-order valence-corrected chi connectivity index (χ0v) is 11.1. The van der Waals surface area contributed by atoms with Crippen LogP contribution in [0.5, 0.6) is 0 Å². The molecule has 0 radical (unpaired) electrons. The average Bonchev–Trinajstić information content (AvgIpc) is 2.92. The molecule has 3 nitrogen and oxygen atoms in total. The maximum atomic E-state index is 12.1. The van der Waals surface area contributed by atoms with Crippen molar-refractivity contribution in [3.63, 3.8) is 0 Å². The number of nitrogens with zero attached hydrogens (tertiary/aromatic N) is 1. The molecule has 0 heterocycles. The maximum Gasteiger partial charge on any atom is 0.321 e. The fraction of sp³-hybridized carbons (Fsp3) is 0.533. The molecule has 2 rings (SSSR count). The van der Waals surface area contributed by atoms with Crippen LogP contribution in [0.1, 0.15) is 32.6 Å². The number of hydrogen-bond acceptors (Lipinski definition) is 1. The van der Waals surface area contributed by atoms with Gasteiger partial charge in [0.2, 0.25) is 0 Å². The van der Waals surface area contributed by atoms with Crippen molar-refractivity contribution in [2.45, 2.75) is 32.6 Å². The Labute approximate surface area is 109 Å². The summed E-state index contributed by atoms with van der Waals surface area (Å²) in [6.07, 6.45) is 5.16. The lowest BCUT2D eigenvalue weighted by atomic mass is 10.1. The Hall–Kier alpha value is -1.51. The summed E-state index contributed by atoms with van der Waals surface area (Å²) in [5.74, 6) is 0.684. The Morgan fingerprint density at radius 1 is 1.28 bits per heavy atom. The maximum absolute atomic E-state index is 12.1. The van der Waals surface area contributed by atoms with Gasteiger partial charge in [0.25, 0.3) is 0 Å². The smallest absolute Gasteiger partial charge is 0.321 e. The second-order valence-electron chi connectivity index (χ2n) is 4.92. The molecule has 1 fully saturated rings. The van der Waals surface area contributed by atoms with Gasteiger partial charge in [0.05, 0.1) is 0 Å². The Morgan fingerprint density at radius 3 is 2.56 bits per heavy atom. The Balaban J connectivity index is 1.89. The van der Waals surface area contributed by atoms with Crippen LogP contribution < -0.4 is 10.2 Å². The third-order valence-electron chi connectivity index (χ3n) is 3.65. The molecular formula is C15H22N2O. The van der Waals surface area contributed by atoms with E-state index in [0.717, 1.165) is 12.2 Å². The second kappa shape index (κ2) is 6.43. The minimum absolute atomic E-state index is 0.0237. The number of urea groups is 1. The molecule has 0 saturated heterocycles. The first-order chi connectivity index (χ1) is 8.81. The molecule has 0 spiro atoms. The van der Waals surface area contributed by atoms with Gasteiger partial charge in [0, 0.05) is 18.8 Å². The van der Waals surface area contributed by atoms with Gasteiger partial charge < -0.3 is 5.32 Å². The topological polar surface area (TPSA) is 32.3 Å². The Morgan fingerprint density at radius 2 is 1.94 bits per heavy atom. The quantitative estimate of drug-likeness (QED) is 0.867. The van der Waals surface area contributed by atoms with E-state index in [9.17, 15) is 4.79 Å². The summed E-state index contributed by atoms with van der Waals surface area (Å²) in [6.45, 7) is 3.52. The van der Waals surface area contributed by atoms with Crippen LogP contribution in [0.3, 0.4) is 0 Å². The second-order valence-corrected chi connectivity index (χ2v) is 4.92. The number of hydrogen-bond donors (Lipinski definition) is 1. The number of nitrogens with one attached hydrogen (secondary N) is 1. The molecule has 3 heteroatoms. The van der Waals surface area contributed by atoms with Crippen molar-refractivity contribution in [2.75, 3.05) is 18.0 Å². The first-order valence-corrected chi connectivity index (χ1v) is 6.91. The van der Waals surface area contributed by atoms with E-state index in [0.29, 0.717) is 12.5 Å². The van der Waals surface area contributed by atoms with Crippen molar-refractivity contribution in [1.29, 1.82) is 0 Å². The normalized spacial score (nSPS) is 15.6. The first kappa shape index (κ1) is 12.9. The van der Waals surface area contributed by atoms with Crippen LogP contribution in [0.25, 0.3) is 0 Å². The summed E-state index contributed by atoms with van der Waals surface area (Å²) in [5.41, 5.74) is 0.962. The van der Waals surface area contributed by atoms with E-state index in [1.54, 1.807) is 4.90 Å². The van der Waals surface area contributed by atoms with E-state index >= 15 is 0 Å². The van der Waals surface area contributed by atoms with Crippen molar-refractivity contribution >= 4 is 11.7 Å². The lowest BCUT2D eigenvalue weighted by Crippen LogP contribution is -2.41. The van der Waals surface area contributed by atoms with Gasteiger partial charge in [0.1, 0.15) is 0 Å². The largest absolute Gasteiger partial charge is 0.337 e. The van der Waals surface area contributed by atoms with E-state index < -0.39 is 0 Å². The Bertz CT molecular complexity index is 371. The van der Waals surface area contributed by atoms with Crippen LogP contribution in [0.15, 0.2) is 30.3 Å². The minimum atomic E-state index is 0.0237. The highest BCUT2D eigenvalue weighted by molar-refractivity contribution is 5.91. The summed E-state index contributed by atoms with van der Waals surface area (Å²) in [6, 6.07) is 9.85. The van der Waals surface area contributed by atoms with Crippen LogP contribution in [-0.4, -0.2) is 19.1 Å². The van der Waals surface area contributed by atoms with Crippen LogP contribution in [0.4, 0.5) is 10.5 Å². The van der Waals surface area contributed by atoms with Crippen LogP contribution in [0.2, 0.25) is 0 Å². The standard InChI is InChI=1S/C15H22N2O/c1-2-17(14-10-4-3-5-11-14)15(18)16-12-13-8-6-7-9-13/h3-5,10-11,13H,2,6-9,12H2,1H3,(H,16,18). The number of amides is 2. The van der Waals surface area contributed by atoms with Crippen LogP contribution in [-0.2, 0) is 0 Å². The third-order valence-corrected chi connectivity index (χ3v) is 3.65. The van der Waals surface area contributed by atoms with Gasteiger partial charge in [-0.05, 0) is 37.8 Å².